The topological polar surface area (TPSA) is 93.1 Å². The number of ether oxygens (including phenoxy) is 2. The molecule has 8 atom stereocenters. The van der Waals surface area contributed by atoms with Crippen molar-refractivity contribution in [3.05, 3.63) is 23.8 Å². The summed E-state index contributed by atoms with van der Waals surface area (Å²) in [5.41, 5.74) is 1.02. The third-order valence-corrected chi connectivity index (χ3v) is 6.71. The van der Waals surface area contributed by atoms with Crippen molar-refractivity contribution >= 4 is 11.9 Å². The Morgan fingerprint density at radius 1 is 1.31 bits per heavy atom. The average Bonchev–Trinajstić information content (AvgIpc) is 2.65. The van der Waals surface area contributed by atoms with E-state index in [2.05, 4.69) is 13.0 Å². The Hall–Kier alpha value is -1.66. The van der Waals surface area contributed by atoms with Gasteiger partial charge in [-0.15, -0.1) is 0 Å². The molecule has 0 aromatic heterocycles. The summed E-state index contributed by atoms with van der Waals surface area (Å²) in [6.07, 6.45) is 7.31. The first-order valence-electron chi connectivity index (χ1n) is 10.9. The predicted molar refractivity (Wildman–Crippen MR) is 108 cm³/mol. The van der Waals surface area contributed by atoms with Crippen LogP contribution in [0.5, 0.6) is 0 Å². The Kier molecular flexibility index (Phi) is 7.17. The van der Waals surface area contributed by atoms with Crippen LogP contribution in [0.25, 0.3) is 0 Å². The lowest BCUT2D eigenvalue weighted by atomic mass is 9.66. The number of rotatable bonds is 6. The van der Waals surface area contributed by atoms with Crippen LogP contribution in [0.3, 0.4) is 0 Å². The maximum absolute atomic E-state index is 12.5. The number of aliphatic hydroxyl groups excluding tert-OH is 2. The summed E-state index contributed by atoms with van der Waals surface area (Å²) in [6.45, 7) is 5.97. The van der Waals surface area contributed by atoms with Crippen molar-refractivity contribution in [2.45, 2.75) is 83.7 Å². The van der Waals surface area contributed by atoms with Gasteiger partial charge in [0.2, 0.25) is 0 Å². The van der Waals surface area contributed by atoms with Gasteiger partial charge < -0.3 is 19.7 Å². The molecular weight excluding hydrogens is 372 g/mol. The van der Waals surface area contributed by atoms with E-state index in [1.54, 1.807) is 0 Å². The number of cyclic esters (lactones) is 1. The van der Waals surface area contributed by atoms with E-state index in [1.165, 1.54) is 0 Å². The number of carbonyl (C=O) groups excluding carboxylic acids is 2. The van der Waals surface area contributed by atoms with Gasteiger partial charge in [0, 0.05) is 18.8 Å². The fourth-order valence-electron chi connectivity index (χ4n) is 4.84. The zero-order chi connectivity index (χ0) is 21.1. The van der Waals surface area contributed by atoms with Crippen molar-refractivity contribution in [1.29, 1.82) is 0 Å². The molecule has 0 saturated carbocycles. The molecule has 3 aliphatic rings. The highest BCUT2D eigenvalue weighted by Gasteiger charge is 2.42. The molecule has 3 rings (SSSR count). The SMILES string of the molecule is CC[C@@H](C)C(=O)OC1C[C@H](O)C=C2C=C[C@@H](C)[C@@H](CC[C@H]3CC(O)CC(=O)O3)[C@@H]21. The Morgan fingerprint density at radius 3 is 2.76 bits per heavy atom. The van der Waals surface area contributed by atoms with E-state index >= 15 is 0 Å². The lowest BCUT2D eigenvalue weighted by Crippen LogP contribution is -2.43. The maximum Gasteiger partial charge on any atom is 0.308 e. The monoisotopic (exact) mass is 406 g/mol. The fourth-order valence-corrected chi connectivity index (χ4v) is 4.84. The fraction of sp³-hybridized carbons (Fsp3) is 0.739. The number of fused-ring (bicyclic) bond motifs is 1. The lowest BCUT2D eigenvalue weighted by Gasteiger charge is -2.43. The molecule has 0 bridgehead atoms. The first kappa shape index (κ1) is 22.0. The number of carbonyl (C=O) groups is 2. The van der Waals surface area contributed by atoms with Gasteiger partial charge in [0.1, 0.15) is 12.2 Å². The van der Waals surface area contributed by atoms with E-state index in [0.29, 0.717) is 19.3 Å². The van der Waals surface area contributed by atoms with Gasteiger partial charge in [-0.3, -0.25) is 9.59 Å². The standard InChI is InChI=1S/C23H34O6/c1-4-13(2)23(27)29-20-11-16(24)9-15-6-5-14(3)19(22(15)20)8-7-18-10-17(25)12-21(26)28-18/h5-6,9,13-14,16-20,22,24-25H,4,7-8,10-12H2,1-3H3/t13-,14-,16-,17?,18+,19-,20?,22-/m1/s1. The number of esters is 2. The second-order valence-electron chi connectivity index (χ2n) is 8.95. The molecular formula is C23H34O6. The molecule has 2 N–H and O–H groups in total. The Morgan fingerprint density at radius 2 is 2.07 bits per heavy atom. The first-order chi connectivity index (χ1) is 13.8. The zero-order valence-electron chi connectivity index (χ0n) is 17.6. The van der Waals surface area contributed by atoms with Crippen molar-refractivity contribution in [2.75, 3.05) is 0 Å². The van der Waals surface area contributed by atoms with E-state index < -0.39 is 12.2 Å². The average molecular weight is 407 g/mol. The van der Waals surface area contributed by atoms with Crippen LogP contribution in [0.2, 0.25) is 0 Å². The van der Waals surface area contributed by atoms with E-state index in [-0.39, 0.29) is 54.2 Å². The molecule has 0 radical (unpaired) electrons. The molecule has 162 valence electrons. The van der Waals surface area contributed by atoms with Gasteiger partial charge in [-0.25, -0.2) is 0 Å². The second kappa shape index (κ2) is 9.43. The minimum absolute atomic E-state index is 0.0237. The van der Waals surface area contributed by atoms with E-state index in [9.17, 15) is 19.8 Å². The van der Waals surface area contributed by atoms with E-state index in [0.717, 1.165) is 18.4 Å². The molecule has 2 aliphatic carbocycles. The molecule has 1 saturated heterocycles. The van der Waals surface area contributed by atoms with Crippen molar-refractivity contribution in [3.8, 4) is 0 Å². The maximum atomic E-state index is 12.5. The normalized spacial score (nSPS) is 37.9. The van der Waals surface area contributed by atoms with Crippen LogP contribution in [-0.4, -0.2) is 46.6 Å². The van der Waals surface area contributed by atoms with Gasteiger partial charge in [-0.2, -0.15) is 0 Å². The van der Waals surface area contributed by atoms with Gasteiger partial charge in [0.25, 0.3) is 0 Å². The minimum atomic E-state index is -0.630. The largest absolute Gasteiger partial charge is 0.462 e. The molecule has 0 aromatic rings. The number of hydrogen-bond donors (Lipinski definition) is 2. The zero-order valence-corrected chi connectivity index (χ0v) is 17.6. The van der Waals surface area contributed by atoms with Crippen LogP contribution < -0.4 is 0 Å². The molecule has 0 amide bonds. The number of aliphatic hydroxyl groups is 2. The van der Waals surface area contributed by atoms with Crippen LogP contribution in [0.4, 0.5) is 0 Å². The highest BCUT2D eigenvalue weighted by Crippen LogP contribution is 2.44. The van der Waals surface area contributed by atoms with E-state index in [1.807, 2.05) is 26.0 Å². The van der Waals surface area contributed by atoms with Crippen LogP contribution in [0.1, 0.15) is 59.3 Å². The highest BCUT2D eigenvalue weighted by molar-refractivity contribution is 5.72. The van der Waals surface area contributed by atoms with Gasteiger partial charge in [-0.1, -0.05) is 39.0 Å². The smallest absolute Gasteiger partial charge is 0.308 e. The molecule has 29 heavy (non-hydrogen) atoms. The molecule has 6 heteroatoms. The van der Waals surface area contributed by atoms with Gasteiger partial charge in [0.05, 0.1) is 24.5 Å². The summed E-state index contributed by atoms with van der Waals surface area (Å²) in [7, 11) is 0. The third kappa shape index (κ3) is 5.28. The number of hydrogen-bond acceptors (Lipinski definition) is 6. The molecule has 1 heterocycles. The van der Waals surface area contributed by atoms with Crippen molar-refractivity contribution < 1.29 is 29.3 Å². The van der Waals surface area contributed by atoms with Crippen LogP contribution in [-0.2, 0) is 19.1 Å². The number of allylic oxidation sites excluding steroid dienone is 2. The lowest BCUT2D eigenvalue weighted by molar-refractivity contribution is -0.162. The molecule has 1 fully saturated rings. The van der Waals surface area contributed by atoms with Crippen molar-refractivity contribution in [2.24, 2.45) is 23.7 Å². The highest BCUT2D eigenvalue weighted by atomic mass is 16.6. The van der Waals surface area contributed by atoms with Crippen molar-refractivity contribution in [1.82, 2.24) is 0 Å². The summed E-state index contributed by atoms with van der Waals surface area (Å²) < 4.78 is 11.3. The minimum Gasteiger partial charge on any atom is -0.462 e. The summed E-state index contributed by atoms with van der Waals surface area (Å²) in [4.78, 5) is 24.1. The summed E-state index contributed by atoms with van der Waals surface area (Å²) in [6, 6.07) is 0. The van der Waals surface area contributed by atoms with Crippen molar-refractivity contribution in [3.63, 3.8) is 0 Å². The summed E-state index contributed by atoms with van der Waals surface area (Å²) in [5.74, 6) is -0.203. The van der Waals surface area contributed by atoms with Crippen LogP contribution >= 0.6 is 0 Å². The second-order valence-corrected chi connectivity index (χ2v) is 8.95. The summed E-state index contributed by atoms with van der Waals surface area (Å²) in [5, 5.41) is 20.2. The Labute approximate surface area is 173 Å². The predicted octanol–water partition coefficient (Wildman–Crippen LogP) is 2.92. The molecule has 6 nitrogen and oxygen atoms in total. The van der Waals surface area contributed by atoms with Gasteiger partial charge >= 0.3 is 11.9 Å². The molecule has 1 aliphatic heterocycles. The molecule has 2 unspecified atom stereocenters. The quantitative estimate of drug-likeness (QED) is 0.659. The van der Waals surface area contributed by atoms with E-state index in [4.69, 9.17) is 9.47 Å². The summed E-state index contributed by atoms with van der Waals surface area (Å²) >= 11 is 0. The Balaban J connectivity index is 1.74. The van der Waals surface area contributed by atoms with Gasteiger partial charge in [0.15, 0.2) is 0 Å². The Bertz CT molecular complexity index is 668. The van der Waals surface area contributed by atoms with Gasteiger partial charge in [-0.05, 0) is 36.7 Å². The van der Waals surface area contributed by atoms with Crippen LogP contribution in [0.15, 0.2) is 23.8 Å². The molecule has 0 aromatic carbocycles. The van der Waals surface area contributed by atoms with Crippen LogP contribution in [0, 0.1) is 23.7 Å². The third-order valence-electron chi connectivity index (χ3n) is 6.71. The first-order valence-corrected chi connectivity index (χ1v) is 10.9. The molecule has 0 spiro atoms.